The fourth-order valence-corrected chi connectivity index (χ4v) is 6.54. The van der Waals surface area contributed by atoms with E-state index in [0.29, 0.717) is 25.9 Å². The van der Waals surface area contributed by atoms with E-state index in [1.54, 1.807) is 0 Å². The summed E-state index contributed by atoms with van der Waals surface area (Å²) in [7, 11) is 0. The van der Waals surface area contributed by atoms with E-state index >= 15 is 0 Å². The van der Waals surface area contributed by atoms with Crippen molar-refractivity contribution in [3.05, 3.63) is 28.8 Å². The number of rotatable bonds is 8. The minimum Gasteiger partial charge on any atom is -0.494 e. The second-order valence-electron chi connectivity index (χ2n) is 11.6. The number of hydrogen-bond donors (Lipinski definition) is 1. The molecule has 2 aliphatic heterocycles. The van der Waals surface area contributed by atoms with Crippen LogP contribution in [-0.2, 0) is 22.6 Å². The number of carbonyl (C=O) groups is 2. The van der Waals surface area contributed by atoms with Crippen molar-refractivity contribution in [2.45, 2.75) is 98.1 Å². The molecule has 0 bridgehead atoms. The van der Waals surface area contributed by atoms with Gasteiger partial charge < -0.3 is 14.7 Å². The first kappa shape index (κ1) is 26.0. The van der Waals surface area contributed by atoms with Gasteiger partial charge in [-0.05, 0) is 107 Å². The molecule has 1 spiro atoms. The Bertz CT molecular complexity index is 927. The van der Waals surface area contributed by atoms with Gasteiger partial charge in [-0.3, -0.25) is 14.5 Å². The summed E-state index contributed by atoms with van der Waals surface area (Å²) in [6.45, 7) is 12.8. The molecule has 0 unspecified atom stereocenters. The highest BCUT2D eigenvalue weighted by atomic mass is 16.5. The molecule has 0 aromatic heterocycles. The highest BCUT2D eigenvalue weighted by molar-refractivity contribution is 5.80. The van der Waals surface area contributed by atoms with Crippen LogP contribution in [-0.4, -0.2) is 59.1 Å². The lowest BCUT2D eigenvalue weighted by molar-refractivity contribution is -0.150. The number of hydrogen-bond acceptors (Lipinski definition) is 4. The number of benzene rings is 1. The van der Waals surface area contributed by atoms with Crippen LogP contribution >= 0.6 is 0 Å². The average molecular weight is 485 g/mol. The van der Waals surface area contributed by atoms with Gasteiger partial charge in [-0.1, -0.05) is 19.4 Å². The lowest BCUT2D eigenvalue weighted by Crippen LogP contribution is -2.45. The van der Waals surface area contributed by atoms with Crippen molar-refractivity contribution in [1.29, 1.82) is 0 Å². The molecule has 1 aromatic rings. The molecule has 4 rings (SSSR count). The van der Waals surface area contributed by atoms with Gasteiger partial charge in [-0.2, -0.15) is 0 Å². The Kier molecular flexibility index (Phi) is 7.80. The SMILES string of the molecule is CCCc1cc(C)c(OCC)cc1CN1CCC2(CC1)CC(=O)N(C1CCC(C)(C(=O)O)CC1)C2. The van der Waals surface area contributed by atoms with Crippen molar-refractivity contribution in [3.63, 3.8) is 0 Å². The Balaban J connectivity index is 1.36. The normalized spacial score (nSPS) is 26.9. The number of ether oxygens (including phenoxy) is 1. The molecule has 1 aliphatic carbocycles. The van der Waals surface area contributed by atoms with Crippen LogP contribution in [0.25, 0.3) is 0 Å². The first-order valence-electron chi connectivity index (χ1n) is 13.7. The van der Waals surface area contributed by atoms with Crippen LogP contribution in [0.5, 0.6) is 5.75 Å². The molecule has 0 radical (unpaired) electrons. The van der Waals surface area contributed by atoms with Gasteiger partial charge >= 0.3 is 5.97 Å². The van der Waals surface area contributed by atoms with E-state index in [9.17, 15) is 14.7 Å². The van der Waals surface area contributed by atoms with E-state index in [0.717, 1.165) is 70.5 Å². The molecule has 6 heteroatoms. The number of nitrogens with zero attached hydrogens (tertiary/aromatic N) is 2. The molecule has 3 aliphatic rings. The number of carboxylic acids is 1. The van der Waals surface area contributed by atoms with Gasteiger partial charge in [0.2, 0.25) is 5.91 Å². The van der Waals surface area contributed by atoms with Gasteiger partial charge in [-0.25, -0.2) is 0 Å². The fraction of sp³-hybridized carbons (Fsp3) is 0.724. The minimum atomic E-state index is -0.698. The molecule has 1 N–H and O–H groups in total. The van der Waals surface area contributed by atoms with Gasteiger partial charge in [0.1, 0.15) is 5.75 Å². The maximum absolute atomic E-state index is 13.0. The molecular weight excluding hydrogens is 440 g/mol. The van der Waals surface area contributed by atoms with E-state index in [2.05, 4.69) is 35.8 Å². The summed E-state index contributed by atoms with van der Waals surface area (Å²) in [6, 6.07) is 4.78. The summed E-state index contributed by atoms with van der Waals surface area (Å²) >= 11 is 0. The monoisotopic (exact) mass is 484 g/mol. The Morgan fingerprint density at radius 3 is 2.40 bits per heavy atom. The van der Waals surface area contributed by atoms with Gasteiger partial charge in [0, 0.05) is 25.6 Å². The summed E-state index contributed by atoms with van der Waals surface area (Å²) in [4.78, 5) is 29.3. The zero-order valence-electron chi connectivity index (χ0n) is 22.2. The van der Waals surface area contributed by atoms with Crippen LogP contribution in [0.1, 0.15) is 88.8 Å². The van der Waals surface area contributed by atoms with E-state index in [4.69, 9.17) is 4.74 Å². The number of aryl methyl sites for hydroxylation is 2. The average Bonchev–Trinajstić information content (AvgIpc) is 3.14. The first-order chi connectivity index (χ1) is 16.7. The zero-order chi connectivity index (χ0) is 25.2. The minimum absolute atomic E-state index is 0.0944. The van der Waals surface area contributed by atoms with E-state index in [1.807, 2.05) is 13.8 Å². The fourth-order valence-electron chi connectivity index (χ4n) is 6.54. The third kappa shape index (κ3) is 5.52. The van der Waals surface area contributed by atoms with Crippen molar-refractivity contribution in [1.82, 2.24) is 9.80 Å². The molecule has 194 valence electrons. The van der Waals surface area contributed by atoms with Crippen LogP contribution in [0.4, 0.5) is 0 Å². The molecule has 1 saturated carbocycles. The molecule has 2 heterocycles. The van der Waals surface area contributed by atoms with Gasteiger partial charge in [0.25, 0.3) is 0 Å². The molecule has 6 nitrogen and oxygen atoms in total. The Morgan fingerprint density at radius 2 is 1.80 bits per heavy atom. The summed E-state index contributed by atoms with van der Waals surface area (Å²) in [5.74, 6) is 0.587. The molecule has 35 heavy (non-hydrogen) atoms. The van der Waals surface area contributed by atoms with Crippen molar-refractivity contribution in [3.8, 4) is 5.75 Å². The number of aliphatic carboxylic acids is 1. The molecule has 3 fully saturated rings. The largest absolute Gasteiger partial charge is 0.494 e. The maximum atomic E-state index is 13.0. The van der Waals surface area contributed by atoms with Crippen LogP contribution in [0.2, 0.25) is 0 Å². The second-order valence-corrected chi connectivity index (χ2v) is 11.6. The van der Waals surface area contributed by atoms with E-state index in [-0.39, 0.29) is 17.4 Å². The van der Waals surface area contributed by atoms with Gasteiger partial charge in [-0.15, -0.1) is 0 Å². The number of carboxylic acid groups (broad SMARTS) is 1. The second kappa shape index (κ2) is 10.5. The molecule has 2 saturated heterocycles. The highest BCUT2D eigenvalue weighted by Crippen LogP contribution is 2.45. The zero-order valence-corrected chi connectivity index (χ0v) is 22.2. The summed E-state index contributed by atoms with van der Waals surface area (Å²) in [6.07, 6.45) is 7.95. The summed E-state index contributed by atoms with van der Waals surface area (Å²) in [5.41, 5.74) is 3.49. The Hall–Kier alpha value is -2.08. The van der Waals surface area contributed by atoms with Crippen LogP contribution in [0.15, 0.2) is 12.1 Å². The van der Waals surface area contributed by atoms with Crippen LogP contribution in [0, 0.1) is 17.8 Å². The lowest BCUT2D eigenvalue weighted by Gasteiger charge is -2.41. The Morgan fingerprint density at radius 1 is 1.11 bits per heavy atom. The first-order valence-corrected chi connectivity index (χ1v) is 13.7. The van der Waals surface area contributed by atoms with Crippen molar-refractivity contribution in [2.24, 2.45) is 10.8 Å². The smallest absolute Gasteiger partial charge is 0.309 e. The van der Waals surface area contributed by atoms with Crippen molar-refractivity contribution < 1.29 is 19.4 Å². The van der Waals surface area contributed by atoms with Crippen molar-refractivity contribution in [2.75, 3.05) is 26.2 Å². The highest BCUT2D eigenvalue weighted by Gasteiger charge is 2.48. The standard InChI is InChI=1S/C29H44N2O4/c1-5-7-22-16-21(3)25(35-6-2)17-23(22)19-30-14-12-29(13-15-30)18-26(32)31(20-29)24-8-10-28(4,11-9-24)27(33)34/h16-17,24H,5-15,18-20H2,1-4H3,(H,33,34). The van der Waals surface area contributed by atoms with E-state index in [1.165, 1.54) is 16.7 Å². The predicted octanol–water partition coefficient (Wildman–Crippen LogP) is 5.19. The summed E-state index contributed by atoms with van der Waals surface area (Å²) in [5, 5.41) is 9.54. The number of likely N-dealkylation sites (tertiary alicyclic amines) is 2. The number of carbonyl (C=O) groups excluding carboxylic acids is 1. The number of amides is 1. The van der Waals surface area contributed by atoms with Crippen LogP contribution in [0.3, 0.4) is 0 Å². The van der Waals surface area contributed by atoms with E-state index < -0.39 is 11.4 Å². The Labute approximate surface area is 211 Å². The van der Waals surface area contributed by atoms with Crippen LogP contribution < -0.4 is 4.74 Å². The third-order valence-electron chi connectivity index (χ3n) is 9.00. The maximum Gasteiger partial charge on any atom is 0.309 e. The summed E-state index contributed by atoms with van der Waals surface area (Å²) < 4.78 is 5.89. The quantitative estimate of drug-likeness (QED) is 0.550. The van der Waals surface area contributed by atoms with Gasteiger partial charge in [0.05, 0.1) is 12.0 Å². The molecule has 0 atom stereocenters. The predicted molar refractivity (Wildman–Crippen MR) is 138 cm³/mol. The lowest BCUT2D eigenvalue weighted by atomic mass is 9.73. The third-order valence-corrected chi connectivity index (χ3v) is 9.00. The molecule has 1 amide bonds. The topological polar surface area (TPSA) is 70.1 Å². The number of piperidine rings is 1. The van der Waals surface area contributed by atoms with Crippen molar-refractivity contribution >= 4 is 11.9 Å². The van der Waals surface area contributed by atoms with Gasteiger partial charge in [0.15, 0.2) is 0 Å². The molecular formula is C29H44N2O4. The molecule has 1 aromatic carbocycles.